The zero-order valence-corrected chi connectivity index (χ0v) is 46.6. The van der Waals surface area contributed by atoms with Crippen molar-refractivity contribution in [2.45, 2.75) is 32.1 Å². The lowest BCUT2D eigenvalue weighted by atomic mass is 9.64. The molecule has 5 nitrogen and oxygen atoms in total. The highest BCUT2D eigenvalue weighted by Gasteiger charge is 2.53. The van der Waals surface area contributed by atoms with Crippen molar-refractivity contribution in [3.63, 3.8) is 0 Å². The SMILES string of the molecule is CCc1ccc(N(c2cc3c(c4ccccc24)-c2c(cc(N(c4ccc(CC)cc4)c4cccc5c4oc4ccccc45)c4ccccc24)C32c3ccccc3N(c3ccccc3)c3ccccc32)c2cccc3c2oc2ccccc23)cc1. The molecule has 5 heteroatoms. The fraction of sp³-hybridized carbons (Fsp3) is 0.0633. The Hall–Kier alpha value is -10.6. The lowest BCUT2D eigenvalue weighted by molar-refractivity contribution is 0.669. The number of para-hydroxylation sites is 7. The van der Waals surface area contributed by atoms with E-state index in [9.17, 15) is 0 Å². The van der Waals surface area contributed by atoms with E-state index in [1.165, 1.54) is 55.3 Å². The summed E-state index contributed by atoms with van der Waals surface area (Å²) in [5, 5.41) is 8.97. The molecule has 0 atom stereocenters. The lowest BCUT2D eigenvalue weighted by Crippen LogP contribution is -2.36. The van der Waals surface area contributed by atoms with Crippen LogP contribution in [0.2, 0.25) is 0 Å². The maximum atomic E-state index is 7.02. The highest BCUT2D eigenvalue weighted by atomic mass is 16.3. The van der Waals surface area contributed by atoms with Crippen molar-refractivity contribution in [3.8, 4) is 11.1 Å². The molecule has 17 rings (SSSR count). The number of aryl methyl sites for hydroxylation is 2. The van der Waals surface area contributed by atoms with Crippen LogP contribution in [0.15, 0.2) is 282 Å². The van der Waals surface area contributed by atoms with Crippen LogP contribution < -0.4 is 14.7 Å². The maximum absolute atomic E-state index is 7.02. The van der Waals surface area contributed by atoms with Gasteiger partial charge in [-0.2, -0.15) is 0 Å². The Morgan fingerprint density at radius 2 is 0.702 bits per heavy atom. The molecule has 0 unspecified atom stereocenters. The molecule has 3 heterocycles. The molecular formula is C79H55N3O2. The summed E-state index contributed by atoms with van der Waals surface area (Å²) in [6.45, 7) is 4.45. The molecule has 398 valence electrons. The second-order valence-corrected chi connectivity index (χ2v) is 22.4. The molecule has 0 saturated heterocycles. The number of fused-ring (bicyclic) bond motifs is 19. The van der Waals surface area contributed by atoms with Crippen LogP contribution in [0.3, 0.4) is 0 Å². The van der Waals surface area contributed by atoms with Gasteiger partial charge in [-0.1, -0.05) is 202 Å². The summed E-state index contributed by atoms with van der Waals surface area (Å²) >= 11 is 0. The second-order valence-electron chi connectivity index (χ2n) is 22.4. The number of hydrogen-bond donors (Lipinski definition) is 0. The highest BCUT2D eigenvalue weighted by Crippen LogP contribution is 2.67. The average molecular weight is 1080 g/mol. The molecule has 13 aromatic carbocycles. The van der Waals surface area contributed by atoms with Crippen molar-refractivity contribution in [2.75, 3.05) is 14.7 Å². The third-order valence-corrected chi connectivity index (χ3v) is 18.2. The van der Waals surface area contributed by atoms with Crippen molar-refractivity contribution in [1.82, 2.24) is 0 Å². The first-order valence-corrected chi connectivity index (χ1v) is 29.4. The molecule has 0 bridgehead atoms. The summed E-state index contributed by atoms with van der Waals surface area (Å²) in [7, 11) is 0. The van der Waals surface area contributed by atoms with Gasteiger partial charge in [0.05, 0.1) is 39.5 Å². The van der Waals surface area contributed by atoms with Crippen LogP contribution in [0, 0.1) is 0 Å². The third-order valence-electron chi connectivity index (χ3n) is 18.2. The van der Waals surface area contributed by atoms with Crippen molar-refractivity contribution in [2.24, 2.45) is 0 Å². The number of rotatable bonds is 9. The number of nitrogens with zero attached hydrogens (tertiary/aromatic N) is 3. The van der Waals surface area contributed by atoms with Crippen LogP contribution in [0.1, 0.15) is 47.2 Å². The largest absolute Gasteiger partial charge is 0.454 e. The Labute approximate surface area is 487 Å². The van der Waals surface area contributed by atoms with Gasteiger partial charge in [-0.25, -0.2) is 0 Å². The monoisotopic (exact) mass is 1080 g/mol. The predicted molar refractivity (Wildman–Crippen MR) is 350 cm³/mol. The van der Waals surface area contributed by atoms with E-state index < -0.39 is 5.41 Å². The van der Waals surface area contributed by atoms with Gasteiger partial charge in [0.2, 0.25) is 0 Å². The van der Waals surface area contributed by atoms with Gasteiger partial charge in [0.1, 0.15) is 11.2 Å². The fourth-order valence-corrected chi connectivity index (χ4v) is 14.4. The summed E-state index contributed by atoms with van der Waals surface area (Å²) < 4.78 is 14.0. The van der Waals surface area contributed by atoms with Gasteiger partial charge in [0.25, 0.3) is 0 Å². The van der Waals surface area contributed by atoms with E-state index in [0.717, 1.165) is 119 Å². The number of hydrogen-bond acceptors (Lipinski definition) is 5. The summed E-state index contributed by atoms with van der Waals surface area (Å²) in [5.74, 6) is 0. The molecule has 2 aliphatic rings. The molecule has 1 spiro atoms. The molecule has 2 aromatic heterocycles. The molecule has 1 aliphatic carbocycles. The van der Waals surface area contributed by atoms with E-state index in [-0.39, 0.29) is 0 Å². The van der Waals surface area contributed by atoms with Gasteiger partial charge in [0, 0.05) is 49.4 Å². The van der Waals surface area contributed by atoms with Crippen molar-refractivity contribution >= 4 is 117 Å². The molecule has 0 fully saturated rings. The van der Waals surface area contributed by atoms with E-state index in [2.05, 4.69) is 302 Å². The Morgan fingerprint density at radius 1 is 0.321 bits per heavy atom. The van der Waals surface area contributed by atoms with Crippen molar-refractivity contribution < 1.29 is 8.83 Å². The van der Waals surface area contributed by atoms with Gasteiger partial charge in [0.15, 0.2) is 11.2 Å². The molecule has 0 radical (unpaired) electrons. The number of furan rings is 2. The van der Waals surface area contributed by atoms with E-state index in [1.54, 1.807) is 0 Å². The van der Waals surface area contributed by atoms with Gasteiger partial charge in [-0.15, -0.1) is 0 Å². The number of anilines is 9. The first-order chi connectivity index (χ1) is 41.6. The Bertz CT molecular complexity index is 4830. The van der Waals surface area contributed by atoms with Crippen LogP contribution in [-0.4, -0.2) is 0 Å². The van der Waals surface area contributed by atoms with Gasteiger partial charge < -0.3 is 23.5 Å². The fourth-order valence-electron chi connectivity index (χ4n) is 14.4. The molecule has 1 aliphatic heterocycles. The standard InChI is InChI=1S/C79H55N3O2/c1-3-50-40-44-53(45-41-50)81(69-36-20-30-61-57-26-12-18-38-73(57)83-77(61)69)71-48-65-75(59-28-10-8-24-55(59)71)76-60-29-11-9-25-56(60)72(82(54-46-42-51(4-2)43-47-54)70-37-21-31-62-58-27-13-19-39-74(58)84-78(62)70)49-66(76)79(65)63-32-14-16-34-67(63)80(52-22-6-5-7-23-52)68-35-17-15-33-64(68)79/h5-49H,3-4H2,1-2H3. The first kappa shape index (κ1) is 48.1. The molecule has 0 amide bonds. The van der Waals surface area contributed by atoms with Crippen LogP contribution in [0.5, 0.6) is 0 Å². The van der Waals surface area contributed by atoms with Gasteiger partial charge in [-0.05, 0) is 153 Å². The third kappa shape index (κ3) is 6.84. The summed E-state index contributed by atoms with van der Waals surface area (Å²) in [4.78, 5) is 7.42. The quantitative estimate of drug-likeness (QED) is 0.144. The lowest BCUT2D eigenvalue weighted by Gasteiger charge is -2.45. The van der Waals surface area contributed by atoms with E-state index in [1.807, 2.05) is 0 Å². The summed E-state index contributed by atoms with van der Waals surface area (Å²) in [5.41, 5.74) is 21.9. The molecule has 15 aromatic rings. The van der Waals surface area contributed by atoms with Crippen LogP contribution in [-0.2, 0) is 18.3 Å². The second kappa shape index (κ2) is 18.7. The van der Waals surface area contributed by atoms with E-state index in [0.29, 0.717) is 0 Å². The summed E-state index contributed by atoms with van der Waals surface area (Å²) in [6, 6.07) is 101. The Balaban J connectivity index is 1.04. The smallest absolute Gasteiger partial charge is 0.159 e. The highest BCUT2D eigenvalue weighted by molar-refractivity contribution is 6.21. The van der Waals surface area contributed by atoms with E-state index in [4.69, 9.17) is 8.83 Å². The van der Waals surface area contributed by atoms with Gasteiger partial charge in [-0.3, -0.25) is 0 Å². The van der Waals surface area contributed by atoms with Gasteiger partial charge >= 0.3 is 0 Å². The first-order valence-electron chi connectivity index (χ1n) is 29.4. The average Bonchev–Trinajstić information content (AvgIpc) is 1.71. The predicted octanol–water partition coefficient (Wildman–Crippen LogP) is 22.0. The number of benzene rings is 13. The normalized spacial score (nSPS) is 13.0. The van der Waals surface area contributed by atoms with E-state index >= 15 is 0 Å². The minimum absolute atomic E-state index is 0.842. The minimum Gasteiger partial charge on any atom is -0.454 e. The Kier molecular flexibility index (Phi) is 10.7. The maximum Gasteiger partial charge on any atom is 0.159 e. The molecule has 0 N–H and O–H groups in total. The zero-order valence-electron chi connectivity index (χ0n) is 46.6. The zero-order chi connectivity index (χ0) is 55.6. The van der Waals surface area contributed by atoms with Crippen LogP contribution in [0.25, 0.3) is 76.5 Å². The van der Waals surface area contributed by atoms with Crippen LogP contribution in [0.4, 0.5) is 51.2 Å². The van der Waals surface area contributed by atoms with Crippen LogP contribution >= 0.6 is 0 Å². The Morgan fingerprint density at radius 3 is 1.15 bits per heavy atom. The van der Waals surface area contributed by atoms with Crippen molar-refractivity contribution in [3.05, 3.63) is 306 Å². The summed E-state index contributed by atoms with van der Waals surface area (Å²) in [6.07, 6.45) is 1.87. The van der Waals surface area contributed by atoms with Crippen molar-refractivity contribution in [1.29, 1.82) is 0 Å². The molecular weight excluding hydrogens is 1020 g/mol. The minimum atomic E-state index is -0.882. The molecule has 0 saturated carbocycles. The topological polar surface area (TPSA) is 36.0 Å². The molecule has 84 heavy (non-hydrogen) atoms.